The Morgan fingerprint density at radius 2 is 2.00 bits per heavy atom. The van der Waals surface area contributed by atoms with Crippen LogP contribution in [-0.4, -0.2) is 35.9 Å². The van der Waals surface area contributed by atoms with Crippen molar-refractivity contribution in [3.63, 3.8) is 0 Å². The van der Waals surface area contributed by atoms with Gasteiger partial charge in [-0.1, -0.05) is 0 Å². The SMILES string of the molecule is COC(C)(C)CCSCCCO. The first kappa shape index (κ1) is 12.3. The van der Waals surface area contributed by atoms with E-state index in [2.05, 4.69) is 13.8 Å². The van der Waals surface area contributed by atoms with Gasteiger partial charge < -0.3 is 9.84 Å². The van der Waals surface area contributed by atoms with E-state index in [1.165, 1.54) is 0 Å². The molecule has 1 N–H and O–H groups in total. The number of aliphatic hydroxyl groups is 1. The fourth-order valence-corrected chi connectivity index (χ4v) is 1.86. The molecule has 0 aliphatic rings. The molecule has 0 rings (SSSR count). The first-order valence-electron chi connectivity index (χ1n) is 4.36. The van der Waals surface area contributed by atoms with Gasteiger partial charge in [0, 0.05) is 13.7 Å². The Bertz CT molecular complexity index is 105. The highest BCUT2D eigenvalue weighted by Gasteiger charge is 2.14. The van der Waals surface area contributed by atoms with Gasteiger partial charge in [-0.3, -0.25) is 0 Å². The quantitative estimate of drug-likeness (QED) is 0.625. The average molecular weight is 192 g/mol. The molecule has 0 unspecified atom stereocenters. The van der Waals surface area contributed by atoms with Crippen LogP contribution in [0.3, 0.4) is 0 Å². The molecule has 0 spiro atoms. The summed E-state index contributed by atoms with van der Waals surface area (Å²) in [6, 6.07) is 0. The maximum Gasteiger partial charge on any atom is 0.0630 e. The minimum absolute atomic E-state index is 0.00617. The molecular weight excluding hydrogens is 172 g/mol. The lowest BCUT2D eigenvalue weighted by molar-refractivity contribution is 0.0207. The predicted molar refractivity (Wildman–Crippen MR) is 54.7 cm³/mol. The van der Waals surface area contributed by atoms with Crippen molar-refractivity contribution < 1.29 is 9.84 Å². The topological polar surface area (TPSA) is 29.5 Å². The molecule has 74 valence electrons. The maximum atomic E-state index is 8.53. The number of ether oxygens (including phenoxy) is 1. The van der Waals surface area contributed by atoms with Crippen LogP contribution in [0.25, 0.3) is 0 Å². The van der Waals surface area contributed by atoms with Crippen molar-refractivity contribution in [2.45, 2.75) is 32.3 Å². The van der Waals surface area contributed by atoms with Crippen molar-refractivity contribution in [1.29, 1.82) is 0 Å². The Morgan fingerprint density at radius 1 is 1.33 bits per heavy atom. The monoisotopic (exact) mass is 192 g/mol. The smallest absolute Gasteiger partial charge is 0.0630 e. The Balaban J connectivity index is 3.19. The van der Waals surface area contributed by atoms with Crippen LogP contribution < -0.4 is 0 Å². The van der Waals surface area contributed by atoms with Gasteiger partial charge in [0.2, 0.25) is 0 Å². The van der Waals surface area contributed by atoms with Crippen LogP contribution in [0.15, 0.2) is 0 Å². The van der Waals surface area contributed by atoms with Gasteiger partial charge >= 0.3 is 0 Å². The summed E-state index contributed by atoms with van der Waals surface area (Å²) in [5, 5.41) is 8.53. The largest absolute Gasteiger partial charge is 0.396 e. The van der Waals surface area contributed by atoms with Gasteiger partial charge in [0.15, 0.2) is 0 Å². The number of methoxy groups -OCH3 is 1. The Kier molecular flexibility index (Phi) is 6.90. The molecule has 0 fully saturated rings. The second kappa shape index (κ2) is 6.75. The summed E-state index contributed by atoms with van der Waals surface area (Å²) >= 11 is 1.88. The lowest BCUT2D eigenvalue weighted by Crippen LogP contribution is -2.23. The number of aliphatic hydroxyl groups excluding tert-OH is 1. The number of thioether (sulfide) groups is 1. The van der Waals surface area contributed by atoms with Crippen molar-refractivity contribution >= 4 is 11.8 Å². The van der Waals surface area contributed by atoms with E-state index in [4.69, 9.17) is 9.84 Å². The van der Waals surface area contributed by atoms with Crippen LogP contribution >= 0.6 is 11.8 Å². The van der Waals surface area contributed by atoms with Crippen molar-refractivity contribution in [1.82, 2.24) is 0 Å². The lowest BCUT2D eigenvalue weighted by atomic mass is 10.1. The molecule has 0 saturated carbocycles. The van der Waals surface area contributed by atoms with Gasteiger partial charge in [-0.2, -0.15) is 11.8 Å². The Labute approximate surface area is 79.7 Å². The van der Waals surface area contributed by atoms with Crippen LogP contribution in [0, 0.1) is 0 Å². The van der Waals surface area contributed by atoms with E-state index in [0.717, 1.165) is 24.3 Å². The van der Waals surface area contributed by atoms with Crippen molar-refractivity contribution in [2.24, 2.45) is 0 Å². The van der Waals surface area contributed by atoms with E-state index in [1.807, 2.05) is 11.8 Å². The highest BCUT2D eigenvalue weighted by Crippen LogP contribution is 2.16. The Hall–Kier alpha value is 0.270. The third-order valence-corrected chi connectivity index (χ3v) is 2.92. The molecule has 0 heterocycles. The van der Waals surface area contributed by atoms with Crippen LogP contribution in [0.1, 0.15) is 26.7 Å². The zero-order valence-corrected chi connectivity index (χ0v) is 9.12. The number of hydrogen-bond donors (Lipinski definition) is 1. The number of hydrogen-bond acceptors (Lipinski definition) is 3. The van der Waals surface area contributed by atoms with Gasteiger partial charge in [-0.25, -0.2) is 0 Å². The summed E-state index contributed by atoms with van der Waals surface area (Å²) in [5.41, 5.74) is 0.00617. The van der Waals surface area contributed by atoms with Crippen molar-refractivity contribution in [2.75, 3.05) is 25.2 Å². The molecule has 0 aromatic carbocycles. The standard InChI is InChI=1S/C9H20O2S/c1-9(2,11-3)5-8-12-7-4-6-10/h10H,4-8H2,1-3H3. The van der Waals surface area contributed by atoms with Crippen molar-refractivity contribution in [3.05, 3.63) is 0 Å². The summed E-state index contributed by atoms with van der Waals surface area (Å²) in [7, 11) is 1.75. The molecule has 0 aliphatic carbocycles. The summed E-state index contributed by atoms with van der Waals surface area (Å²) in [4.78, 5) is 0. The van der Waals surface area contributed by atoms with Crippen LogP contribution in [0.2, 0.25) is 0 Å². The van der Waals surface area contributed by atoms with Crippen molar-refractivity contribution in [3.8, 4) is 0 Å². The van der Waals surface area contributed by atoms with E-state index >= 15 is 0 Å². The molecule has 2 nitrogen and oxygen atoms in total. The van der Waals surface area contributed by atoms with Gasteiger partial charge in [0.1, 0.15) is 0 Å². The van der Waals surface area contributed by atoms with E-state index < -0.39 is 0 Å². The zero-order valence-electron chi connectivity index (χ0n) is 8.30. The van der Waals surface area contributed by atoms with E-state index in [0.29, 0.717) is 6.61 Å². The fourth-order valence-electron chi connectivity index (χ4n) is 0.689. The molecule has 0 amide bonds. The normalized spacial score (nSPS) is 12.0. The minimum Gasteiger partial charge on any atom is -0.396 e. The first-order valence-corrected chi connectivity index (χ1v) is 5.51. The van der Waals surface area contributed by atoms with Crippen LogP contribution in [0.5, 0.6) is 0 Å². The fraction of sp³-hybridized carbons (Fsp3) is 1.00. The Morgan fingerprint density at radius 3 is 2.50 bits per heavy atom. The lowest BCUT2D eigenvalue weighted by Gasteiger charge is -2.22. The molecular formula is C9H20O2S. The van der Waals surface area contributed by atoms with E-state index in [1.54, 1.807) is 7.11 Å². The van der Waals surface area contributed by atoms with E-state index in [-0.39, 0.29) is 5.60 Å². The molecule has 0 aromatic heterocycles. The molecule has 12 heavy (non-hydrogen) atoms. The van der Waals surface area contributed by atoms with E-state index in [9.17, 15) is 0 Å². The minimum atomic E-state index is 0.00617. The summed E-state index contributed by atoms with van der Waals surface area (Å²) in [5.74, 6) is 2.16. The highest BCUT2D eigenvalue weighted by atomic mass is 32.2. The molecule has 3 heteroatoms. The first-order chi connectivity index (χ1) is 5.62. The van der Waals surface area contributed by atoms with Crippen LogP contribution in [-0.2, 0) is 4.74 Å². The highest BCUT2D eigenvalue weighted by molar-refractivity contribution is 7.99. The zero-order chi connectivity index (χ0) is 9.45. The molecule has 0 bridgehead atoms. The molecule has 0 aromatic rings. The molecule has 0 atom stereocenters. The van der Waals surface area contributed by atoms with Gasteiger partial charge in [-0.05, 0) is 38.2 Å². The third kappa shape index (κ3) is 6.95. The predicted octanol–water partition coefficient (Wildman–Crippen LogP) is 1.92. The molecule has 0 aliphatic heterocycles. The molecule has 0 radical (unpaired) electrons. The second-order valence-corrected chi connectivity index (χ2v) is 4.63. The summed E-state index contributed by atoms with van der Waals surface area (Å²) in [6.07, 6.45) is 1.97. The summed E-state index contributed by atoms with van der Waals surface area (Å²) in [6.45, 7) is 4.50. The van der Waals surface area contributed by atoms with Gasteiger partial charge in [0.25, 0.3) is 0 Å². The van der Waals surface area contributed by atoms with Crippen LogP contribution in [0.4, 0.5) is 0 Å². The second-order valence-electron chi connectivity index (χ2n) is 3.40. The summed E-state index contributed by atoms with van der Waals surface area (Å²) < 4.78 is 5.28. The van der Waals surface area contributed by atoms with Gasteiger partial charge in [0.05, 0.1) is 5.60 Å². The average Bonchev–Trinajstić information content (AvgIpc) is 2.04. The third-order valence-electron chi connectivity index (χ3n) is 1.85. The van der Waals surface area contributed by atoms with Gasteiger partial charge in [-0.15, -0.1) is 0 Å². The molecule has 0 saturated heterocycles. The number of rotatable bonds is 7. The maximum absolute atomic E-state index is 8.53.